The topological polar surface area (TPSA) is 18.5 Å². The molecule has 3 aromatic rings. The van der Waals surface area contributed by atoms with Gasteiger partial charge in [0.15, 0.2) is 6.29 Å². The van der Waals surface area contributed by atoms with Crippen molar-refractivity contribution in [2.24, 2.45) is 0 Å². The zero-order valence-corrected chi connectivity index (χ0v) is 19.0. The summed E-state index contributed by atoms with van der Waals surface area (Å²) in [5.74, 6) is 0. The minimum Gasteiger partial charge on any atom is -0.346 e. The second-order valence-electron chi connectivity index (χ2n) is 8.76. The van der Waals surface area contributed by atoms with E-state index < -0.39 is 0 Å². The van der Waals surface area contributed by atoms with Crippen molar-refractivity contribution in [1.29, 1.82) is 0 Å². The standard InChI is InChI=1S/C27H31BO2/c1-17-13-19(3)25(20(4)14-17)28(26-21(5)15-18(2)16-22(26)6)24-10-8-7-9-23(24)27-29-11-12-30-27/h7-10,13-16,27H,11-12H2,1-6H3. The van der Waals surface area contributed by atoms with Crippen LogP contribution in [0.3, 0.4) is 0 Å². The molecule has 0 N–H and O–H groups in total. The van der Waals surface area contributed by atoms with Crippen LogP contribution in [0.25, 0.3) is 0 Å². The zero-order valence-electron chi connectivity index (χ0n) is 19.0. The summed E-state index contributed by atoms with van der Waals surface area (Å²) in [6, 6.07) is 17.9. The normalized spacial score (nSPS) is 14.3. The van der Waals surface area contributed by atoms with Crippen LogP contribution in [0.1, 0.15) is 45.2 Å². The fourth-order valence-electron chi connectivity index (χ4n) is 5.27. The quantitative estimate of drug-likeness (QED) is 0.617. The van der Waals surface area contributed by atoms with Gasteiger partial charge in [-0.05, 0) is 41.5 Å². The van der Waals surface area contributed by atoms with E-state index in [0.29, 0.717) is 13.2 Å². The van der Waals surface area contributed by atoms with Crippen molar-refractivity contribution in [3.05, 3.63) is 87.5 Å². The maximum Gasteiger partial charge on any atom is 0.243 e. The summed E-state index contributed by atoms with van der Waals surface area (Å²) in [6.07, 6.45) is -0.291. The summed E-state index contributed by atoms with van der Waals surface area (Å²) in [6.45, 7) is 14.8. The molecule has 154 valence electrons. The van der Waals surface area contributed by atoms with Crippen molar-refractivity contribution < 1.29 is 9.47 Å². The van der Waals surface area contributed by atoms with Crippen molar-refractivity contribution in [1.82, 2.24) is 0 Å². The Bertz CT molecular complexity index is 976. The largest absolute Gasteiger partial charge is 0.346 e. The molecule has 1 aliphatic rings. The van der Waals surface area contributed by atoms with E-state index in [0.717, 1.165) is 5.56 Å². The van der Waals surface area contributed by atoms with Crippen LogP contribution in [0.2, 0.25) is 0 Å². The summed E-state index contributed by atoms with van der Waals surface area (Å²) >= 11 is 0. The van der Waals surface area contributed by atoms with Gasteiger partial charge in [0.25, 0.3) is 0 Å². The smallest absolute Gasteiger partial charge is 0.243 e. The predicted octanol–water partition coefficient (Wildman–Crippen LogP) is 4.10. The summed E-state index contributed by atoms with van der Waals surface area (Å²) in [5.41, 5.74) is 13.1. The number of hydrogen-bond donors (Lipinski definition) is 0. The van der Waals surface area contributed by atoms with Crippen molar-refractivity contribution in [3.8, 4) is 0 Å². The van der Waals surface area contributed by atoms with Crippen molar-refractivity contribution in [3.63, 3.8) is 0 Å². The first-order chi connectivity index (χ1) is 14.4. The Morgan fingerprint density at radius 1 is 0.667 bits per heavy atom. The Hall–Kier alpha value is -2.36. The molecule has 0 aliphatic carbocycles. The highest BCUT2D eigenvalue weighted by Gasteiger charge is 2.32. The molecule has 1 saturated heterocycles. The molecule has 0 bridgehead atoms. The van der Waals surface area contributed by atoms with Gasteiger partial charge in [0, 0.05) is 5.56 Å². The fraction of sp³-hybridized carbons (Fsp3) is 0.333. The SMILES string of the molecule is Cc1cc(C)c(B(c2ccccc2C2OCCO2)c2c(C)cc(C)cc2C)c(C)c1. The monoisotopic (exact) mass is 398 g/mol. The molecule has 1 heterocycles. The fourth-order valence-corrected chi connectivity index (χ4v) is 5.27. The average Bonchev–Trinajstić information content (AvgIpc) is 3.20. The van der Waals surface area contributed by atoms with Gasteiger partial charge >= 0.3 is 0 Å². The lowest BCUT2D eigenvalue weighted by Gasteiger charge is -2.27. The van der Waals surface area contributed by atoms with E-state index in [1.54, 1.807) is 0 Å². The van der Waals surface area contributed by atoms with Gasteiger partial charge in [-0.3, -0.25) is 0 Å². The number of aryl methyl sites for hydroxylation is 6. The molecule has 3 heteroatoms. The van der Waals surface area contributed by atoms with Crippen molar-refractivity contribution in [2.45, 2.75) is 47.8 Å². The number of benzene rings is 3. The van der Waals surface area contributed by atoms with Crippen LogP contribution in [-0.4, -0.2) is 19.9 Å². The summed E-state index contributed by atoms with van der Waals surface area (Å²) < 4.78 is 11.9. The zero-order chi connectivity index (χ0) is 21.4. The van der Waals surface area contributed by atoms with Crippen LogP contribution >= 0.6 is 0 Å². The third-order valence-corrected chi connectivity index (χ3v) is 6.24. The Balaban J connectivity index is 2.03. The van der Waals surface area contributed by atoms with Gasteiger partial charge in [0.05, 0.1) is 13.2 Å². The number of ether oxygens (including phenoxy) is 2. The van der Waals surface area contributed by atoms with E-state index in [2.05, 4.69) is 90.1 Å². The highest BCUT2D eigenvalue weighted by Crippen LogP contribution is 2.23. The molecule has 4 rings (SSSR count). The molecule has 30 heavy (non-hydrogen) atoms. The molecular formula is C27H31BO2. The third-order valence-electron chi connectivity index (χ3n) is 6.24. The molecule has 2 nitrogen and oxygen atoms in total. The highest BCUT2D eigenvalue weighted by molar-refractivity contribution is 6.96. The van der Waals surface area contributed by atoms with Crippen LogP contribution in [0.5, 0.6) is 0 Å². The molecule has 0 aromatic heterocycles. The first kappa shape index (κ1) is 20.9. The molecule has 0 spiro atoms. The van der Waals surface area contributed by atoms with E-state index >= 15 is 0 Å². The Morgan fingerprint density at radius 3 is 1.57 bits per heavy atom. The first-order valence-corrected chi connectivity index (χ1v) is 10.8. The van der Waals surface area contributed by atoms with Gasteiger partial charge in [-0.25, -0.2) is 0 Å². The number of rotatable bonds is 4. The van der Waals surface area contributed by atoms with Crippen molar-refractivity contribution in [2.75, 3.05) is 13.2 Å². The molecule has 1 aliphatic heterocycles. The van der Waals surface area contributed by atoms with E-state index in [1.807, 2.05) is 0 Å². The predicted molar refractivity (Wildman–Crippen MR) is 127 cm³/mol. The van der Waals surface area contributed by atoms with Gasteiger partial charge in [0.2, 0.25) is 6.71 Å². The average molecular weight is 398 g/mol. The van der Waals surface area contributed by atoms with Gasteiger partial charge in [-0.2, -0.15) is 0 Å². The molecule has 0 unspecified atom stereocenters. The van der Waals surface area contributed by atoms with E-state index in [1.165, 1.54) is 49.8 Å². The van der Waals surface area contributed by atoms with Gasteiger partial charge < -0.3 is 9.47 Å². The van der Waals surface area contributed by atoms with Gasteiger partial charge in [-0.15, -0.1) is 0 Å². The van der Waals surface area contributed by atoms with Crippen LogP contribution in [0, 0.1) is 41.5 Å². The van der Waals surface area contributed by atoms with Crippen LogP contribution < -0.4 is 16.4 Å². The lowest BCUT2D eigenvalue weighted by atomic mass is 9.33. The third kappa shape index (κ3) is 3.85. The first-order valence-electron chi connectivity index (χ1n) is 10.8. The van der Waals surface area contributed by atoms with E-state index in [4.69, 9.17) is 9.47 Å². The van der Waals surface area contributed by atoms with Crippen LogP contribution in [0.15, 0.2) is 48.5 Å². The summed E-state index contributed by atoms with van der Waals surface area (Å²) in [4.78, 5) is 0. The molecule has 1 fully saturated rings. The van der Waals surface area contributed by atoms with Crippen LogP contribution in [-0.2, 0) is 9.47 Å². The molecule has 0 atom stereocenters. The minimum atomic E-state index is -0.291. The van der Waals surface area contributed by atoms with Gasteiger partial charge in [-0.1, -0.05) is 98.3 Å². The molecule has 0 radical (unpaired) electrons. The molecule has 0 amide bonds. The maximum atomic E-state index is 5.94. The van der Waals surface area contributed by atoms with Crippen LogP contribution in [0.4, 0.5) is 0 Å². The molecule has 3 aromatic carbocycles. The van der Waals surface area contributed by atoms with E-state index in [9.17, 15) is 0 Å². The number of hydrogen-bond acceptors (Lipinski definition) is 2. The second-order valence-corrected chi connectivity index (χ2v) is 8.76. The second kappa shape index (κ2) is 8.41. The van der Waals surface area contributed by atoms with Gasteiger partial charge in [0.1, 0.15) is 0 Å². The lowest BCUT2D eigenvalue weighted by Crippen LogP contribution is -2.57. The molecule has 0 saturated carbocycles. The van der Waals surface area contributed by atoms with E-state index in [-0.39, 0.29) is 13.0 Å². The Morgan fingerprint density at radius 2 is 1.10 bits per heavy atom. The Kier molecular flexibility index (Phi) is 5.86. The summed E-state index contributed by atoms with van der Waals surface area (Å²) in [7, 11) is 0. The highest BCUT2D eigenvalue weighted by atomic mass is 16.7. The minimum absolute atomic E-state index is 0.134. The molecular weight excluding hydrogens is 367 g/mol. The summed E-state index contributed by atoms with van der Waals surface area (Å²) in [5, 5.41) is 0. The lowest BCUT2D eigenvalue weighted by molar-refractivity contribution is -0.0433. The maximum absolute atomic E-state index is 5.94. The Labute approximate surface area is 181 Å². The van der Waals surface area contributed by atoms with Crippen molar-refractivity contribution >= 4 is 23.1 Å².